The molecule has 1 atom stereocenters. The maximum atomic E-state index is 12.3. The number of aliphatic hydroxyl groups is 1. The van der Waals surface area contributed by atoms with Gasteiger partial charge in [-0.15, -0.1) is 0 Å². The Morgan fingerprint density at radius 3 is 2.76 bits per heavy atom. The van der Waals surface area contributed by atoms with Crippen molar-refractivity contribution in [3.05, 3.63) is 41.7 Å². The van der Waals surface area contributed by atoms with Crippen molar-refractivity contribution in [2.75, 3.05) is 6.54 Å². The van der Waals surface area contributed by atoms with Crippen molar-refractivity contribution < 1.29 is 14.4 Å². The molecule has 0 bridgehead atoms. The fraction of sp³-hybridized carbons (Fsp3) is 0.375. The van der Waals surface area contributed by atoms with E-state index in [0.29, 0.717) is 23.4 Å². The lowest BCUT2D eigenvalue weighted by Gasteiger charge is -2.10. The fourth-order valence-corrected chi connectivity index (χ4v) is 2.17. The molecule has 2 aromatic rings. The van der Waals surface area contributed by atoms with Crippen LogP contribution in [0.1, 0.15) is 35.9 Å². The van der Waals surface area contributed by atoms with Gasteiger partial charge in [0.15, 0.2) is 0 Å². The van der Waals surface area contributed by atoms with E-state index in [1.54, 1.807) is 6.92 Å². The Bertz CT molecular complexity index is 593. The number of aryl methyl sites for hydroxylation is 1. The molecule has 0 aliphatic heterocycles. The van der Waals surface area contributed by atoms with Crippen molar-refractivity contribution in [3.63, 3.8) is 0 Å². The van der Waals surface area contributed by atoms with Crippen molar-refractivity contribution in [3.8, 4) is 11.3 Å². The predicted octanol–water partition coefficient (Wildman–Crippen LogP) is 2.54. The summed E-state index contributed by atoms with van der Waals surface area (Å²) >= 11 is 0. The second-order valence-corrected chi connectivity index (χ2v) is 4.98. The highest BCUT2D eigenvalue weighted by Crippen LogP contribution is 2.24. The minimum Gasteiger partial charge on any atom is -0.391 e. The molecule has 2 N–H and O–H groups in total. The van der Waals surface area contributed by atoms with Crippen LogP contribution in [-0.2, 0) is 0 Å². The molecule has 0 spiro atoms. The summed E-state index contributed by atoms with van der Waals surface area (Å²) in [6.45, 7) is 3.92. The van der Waals surface area contributed by atoms with Crippen LogP contribution in [-0.4, -0.2) is 28.8 Å². The number of benzene rings is 1. The third-order valence-electron chi connectivity index (χ3n) is 3.26. The van der Waals surface area contributed by atoms with E-state index in [4.69, 9.17) is 4.52 Å². The molecule has 21 heavy (non-hydrogen) atoms. The summed E-state index contributed by atoms with van der Waals surface area (Å²) in [4.78, 5) is 12.3. The van der Waals surface area contributed by atoms with Crippen LogP contribution < -0.4 is 5.32 Å². The molecule has 0 saturated heterocycles. The normalized spacial score (nSPS) is 12.1. The number of hydrogen-bond acceptors (Lipinski definition) is 4. The van der Waals surface area contributed by atoms with E-state index < -0.39 is 6.10 Å². The van der Waals surface area contributed by atoms with Gasteiger partial charge in [-0.3, -0.25) is 4.79 Å². The summed E-state index contributed by atoms with van der Waals surface area (Å²) in [6, 6.07) is 9.41. The maximum Gasteiger partial charge on any atom is 0.257 e. The van der Waals surface area contributed by atoms with Gasteiger partial charge in [0.2, 0.25) is 0 Å². The van der Waals surface area contributed by atoms with E-state index in [2.05, 4.69) is 10.5 Å². The van der Waals surface area contributed by atoms with Crippen LogP contribution in [0.25, 0.3) is 11.3 Å². The molecule has 0 aliphatic rings. The fourth-order valence-electron chi connectivity index (χ4n) is 2.17. The van der Waals surface area contributed by atoms with Crippen LogP contribution in [0.5, 0.6) is 0 Å². The van der Waals surface area contributed by atoms with Crippen LogP contribution in [0.15, 0.2) is 34.9 Å². The summed E-state index contributed by atoms with van der Waals surface area (Å²) in [5, 5.41) is 16.4. The van der Waals surface area contributed by atoms with Crippen LogP contribution in [0, 0.1) is 6.92 Å². The van der Waals surface area contributed by atoms with Crippen LogP contribution >= 0.6 is 0 Å². The molecule has 5 heteroatoms. The van der Waals surface area contributed by atoms with E-state index in [9.17, 15) is 9.90 Å². The van der Waals surface area contributed by atoms with Crippen molar-refractivity contribution in [2.45, 2.75) is 32.8 Å². The molecule has 0 aliphatic carbocycles. The Hall–Kier alpha value is -2.14. The second kappa shape index (κ2) is 7.04. The van der Waals surface area contributed by atoms with Crippen LogP contribution in [0.4, 0.5) is 0 Å². The number of amides is 1. The predicted molar refractivity (Wildman–Crippen MR) is 79.9 cm³/mol. The van der Waals surface area contributed by atoms with Gasteiger partial charge in [-0.2, -0.15) is 0 Å². The summed E-state index contributed by atoms with van der Waals surface area (Å²) < 4.78 is 5.15. The van der Waals surface area contributed by atoms with Crippen LogP contribution in [0.3, 0.4) is 0 Å². The van der Waals surface area contributed by atoms with Crippen molar-refractivity contribution >= 4 is 5.91 Å². The molecule has 1 amide bonds. The highest BCUT2D eigenvalue weighted by atomic mass is 16.5. The Balaban J connectivity index is 2.16. The summed E-state index contributed by atoms with van der Waals surface area (Å²) in [5.74, 6) is 0.194. The van der Waals surface area contributed by atoms with Crippen molar-refractivity contribution in [1.29, 1.82) is 0 Å². The molecule has 1 heterocycles. The van der Waals surface area contributed by atoms with E-state index in [0.717, 1.165) is 12.0 Å². The summed E-state index contributed by atoms with van der Waals surface area (Å²) in [5.41, 5.74) is 1.77. The van der Waals surface area contributed by atoms with E-state index >= 15 is 0 Å². The van der Waals surface area contributed by atoms with Gasteiger partial charge in [0.05, 0.1) is 6.10 Å². The monoisotopic (exact) mass is 288 g/mol. The third kappa shape index (κ3) is 3.70. The highest BCUT2D eigenvalue weighted by molar-refractivity contribution is 6.00. The zero-order valence-electron chi connectivity index (χ0n) is 12.3. The highest BCUT2D eigenvalue weighted by Gasteiger charge is 2.21. The van der Waals surface area contributed by atoms with Gasteiger partial charge in [0.1, 0.15) is 17.0 Å². The Morgan fingerprint density at radius 2 is 2.10 bits per heavy atom. The van der Waals surface area contributed by atoms with Gasteiger partial charge >= 0.3 is 0 Å². The lowest BCUT2D eigenvalue weighted by atomic mass is 10.1. The standard InChI is InChI=1S/C16H20N2O3/c1-3-7-13(19)10-17-16(20)14-11(2)21-18-15(14)12-8-5-4-6-9-12/h4-6,8-9,13,19H,3,7,10H2,1-2H3,(H,17,20). The van der Waals surface area contributed by atoms with Crippen molar-refractivity contribution in [1.82, 2.24) is 10.5 Å². The molecule has 0 radical (unpaired) electrons. The SMILES string of the molecule is CCCC(O)CNC(=O)c1c(-c2ccccc2)noc1C. The van der Waals surface area contributed by atoms with Gasteiger partial charge in [-0.1, -0.05) is 48.8 Å². The molecule has 1 aromatic carbocycles. The summed E-state index contributed by atoms with van der Waals surface area (Å²) in [7, 11) is 0. The number of hydrogen-bond donors (Lipinski definition) is 2. The topological polar surface area (TPSA) is 75.4 Å². The van der Waals surface area contributed by atoms with Gasteiger partial charge in [0, 0.05) is 12.1 Å². The van der Waals surface area contributed by atoms with Gasteiger partial charge in [0.25, 0.3) is 5.91 Å². The lowest BCUT2D eigenvalue weighted by molar-refractivity contribution is 0.0909. The van der Waals surface area contributed by atoms with Gasteiger partial charge < -0.3 is 14.9 Å². The number of carbonyl (C=O) groups excluding carboxylic acids is 1. The molecule has 1 unspecified atom stereocenters. The average molecular weight is 288 g/mol. The number of carbonyl (C=O) groups is 1. The number of rotatable bonds is 6. The van der Waals surface area contributed by atoms with Crippen molar-refractivity contribution in [2.24, 2.45) is 0 Å². The number of nitrogens with one attached hydrogen (secondary N) is 1. The molecule has 2 rings (SSSR count). The largest absolute Gasteiger partial charge is 0.391 e. The minimum absolute atomic E-state index is 0.228. The Morgan fingerprint density at radius 1 is 1.38 bits per heavy atom. The zero-order valence-corrected chi connectivity index (χ0v) is 12.3. The minimum atomic E-state index is -0.528. The molecule has 0 saturated carbocycles. The summed E-state index contributed by atoms with van der Waals surface area (Å²) in [6.07, 6.45) is 1.01. The first-order valence-corrected chi connectivity index (χ1v) is 7.11. The number of aliphatic hydroxyl groups excluding tert-OH is 1. The number of aromatic nitrogens is 1. The van der Waals surface area contributed by atoms with E-state index in [1.807, 2.05) is 37.3 Å². The molecule has 1 aromatic heterocycles. The van der Waals surface area contributed by atoms with Gasteiger partial charge in [-0.25, -0.2) is 0 Å². The van der Waals surface area contributed by atoms with Crippen LogP contribution in [0.2, 0.25) is 0 Å². The first kappa shape index (κ1) is 15.3. The lowest BCUT2D eigenvalue weighted by Crippen LogP contribution is -2.32. The van der Waals surface area contributed by atoms with E-state index in [1.165, 1.54) is 0 Å². The molecular formula is C16H20N2O3. The molecule has 0 fully saturated rings. The second-order valence-electron chi connectivity index (χ2n) is 4.98. The Labute approximate surface area is 124 Å². The third-order valence-corrected chi connectivity index (χ3v) is 3.26. The van der Waals surface area contributed by atoms with E-state index in [-0.39, 0.29) is 12.5 Å². The number of nitrogens with zero attached hydrogens (tertiary/aromatic N) is 1. The first-order valence-electron chi connectivity index (χ1n) is 7.11. The molecule has 5 nitrogen and oxygen atoms in total. The average Bonchev–Trinajstić information content (AvgIpc) is 2.88. The smallest absolute Gasteiger partial charge is 0.257 e. The van der Waals surface area contributed by atoms with Gasteiger partial charge in [-0.05, 0) is 13.3 Å². The molecular weight excluding hydrogens is 268 g/mol. The maximum absolute atomic E-state index is 12.3. The quantitative estimate of drug-likeness (QED) is 0.856. The Kier molecular flexibility index (Phi) is 5.11. The molecule has 112 valence electrons. The first-order chi connectivity index (χ1) is 10.1. The zero-order chi connectivity index (χ0) is 15.2.